The predicted molar refractivity (Wildman–Crippen MR) is 117 cm³/mol. The van der Waals surface area contributed by atoms with Crippen molar-refractivity contribution in [3.05, 3.63) is 70.0 Å². The van der Waals surface area contributed by atoms with Crippen molar-refractivity contribution in [2.45, 2.75) is 6.92 Å². The molecular weight excluding hydrogens is 578 g/mol. The van der Waals surface area contributed by atoms with E-state index in [0.717, 1.165) is 7.14 Å². The molecule has 0 saturated heterocycles. The first-order chi connectivity index (χ1) is 12.8. The van der Waals surface area contributed by atoms with Gasteiger partial charge in [0.15, 0.2) is 5.70 Å². The standard InChI is InChI=1S/C18H12I2N2O5/c1-9-5-10(3-4-15(9)22(24)25)17-21-14(18(23)27-17)7-11-6-12(19)8-13(20)16(11)26-2/h3-8H,1-2H3/b14-7-. The molecule has 2 aromatic rings. The lowest BCUT2D eigenvalue weighted by atomic mass is 10.1. The first-order valence-electron chi connectivity index (χ1n) is 7.61. The van der Waals surface area contributed by atoms with Gasteiger partial charge in [0, 0.05) is 26.3 Å². The summed E-state index contributed by atoms with van der Waals surface area (Å²) >= 11 is 4.35. The second-order valence-corrected chi connectivity index (χ2v) is 8.01. The van der Waals surface area contributed by atoms with Gasteiger partial charge in [0.2, 0.25) is 5.90 Å². The van der Waals surface area contributed by atoms with E-state index in [0.29, 0.717) is 22.4 Å². The highest BCUT2D eigenvalue weighted by atomic mass is 127. The molecule has 1 aliphatic rings. The van der Waals surface area contributed by atoms with Crippen molar-refractivity contribution >= 4 is 68.8 Å². The number of nitro groups is 1. The van der Waals surface area contributed by atoms with E-state index in [1.54, 1.807) is 26.2 Å². The summed E-state index contributed by atoms with van der Waals surface area (Å²) in [6, 6.07) is 8.29. The van der Waals surface area contributed by atoms with Crippen LogP contribution in [0.4, 0.5) is 5.69 Å². The van der Waals surface area contributed by atoms with Crippen LogP contribution in [-0.2, 0) is 9.53 Å². The van der Waals surface area contributed by atoms with E-state index in [9.17, 15) is 14.9 Å². The summed E-state index contributed by atoms with van der Waals surface area (Å²) in [6.45, 7) is 1.62. The van der Waals surface area contributed by atoms with E-state index >= 15 is 0 Å². The SMILES string of the molecule is COc1c(I)cc(I)cc1/C=C1\N=C(c2ccc([N+](=O)[O-])c(C)c2)OC1=O. The van der Waals surface area contributed by atoms with E-state index < -0.39 is 10.9 Å². The van der Waals surface area contributed by atoms with Crippen LogP contribution in [-0.4, -0.2) is 23.9 Å². The van der Waals surface area contributed by atoms with Crippen LogP contribution < -0.4 is 4.74 Å². The van der Waals surface area contributed by atoms with E-state index in [2.05, 4.69) is 50.2 Å². The fraction of sp³-hybridized carbons (Fsp3) is 0.111. The third-order valence-electron chi connectivity index (χ3n) is 3.79. The number of aliphatic imine (C=N–C) groups is 1. The number of esters is 1. The summed E-state index contributed by atoms with van der Waals surface area (Å²) in [5.74, 6) is 0.173. The van der Waals surface area contributed by atoms with Gasteiger partial charge in [0.05, 0.1) is 15.6 Å². The highest BCUT2D eigenvalue weighted by molar-refractivity contribution is 14.1. The molecule has 9 heteroatoms. The summed E-state index contributed by atoms with van der Waals surface area (Å²) in [7, 11) is 1.56. The monoisotopic (exact) mass is 590 g/mol. The molecule has 0 N–H and O–H groups in total. The minimum atomic E-state index is -0.586. The molecule has 0 aromatic heterocycles. The van der Waals surface area contributed by atoms with Gasteiger partial charge in [0.1, 0.15) is 5.75 Å². The predicted octanol–water partition coefficient (Wildman–Crippen LogP) is 4.47. The maximum atomic E-state index is 12.2. The molecule has 0 spiro atoms. The van der Waals surface area contributed by atoms with Crippen molar-refractivity contribution in [1.82, 2.24) is 0 Å². The smallest absolute Gasteiger partial charge is 0.363 e. The molecule has 1 aliphatic heterocycles. The van der Waals surface area contributed by atoms with E-state index in [1.807, 2.05) is 12.1 Å². The van der Waals surface area contributed by atoms with E-state index in [1.165, 1.54) is 12.1 Å². The molecule has 27 heavy (non-hydrogen) atoms. The number of nitrogens with zero attached hydrogens (tertiary/aromatic N) is 2. The van der Waals surface area contributed by atoms with Crippen molar-refractivity contribution < 1.29 is 19.2 Å². The van der Waals surface area contributed by atoms with Crippen LogP contribution in [0.3, 0.4) is 0 Å². The Morgan fingerprint density at radius 1 is 1.26 bits per heavy atom. The van der Waals surface area contributed by atoms with Gasteiger partial charge < -0.3 is 9.47 Å². The third kappa shape index (κ3) is 4.13. The molecule has 0 saturated carbocycles. The van der Waals surface area contributed by atoms with Gasteiger partial charge in [-0.1, -0.05) is 0 Å². The average molecular weight is 590 g/mol. The number of aryl methyl sites for hydroxylation is 1. The Kier molecular flexibility index (Phi) is 5.79. The van der Waals surface area contributed by atoms with Crippen LogP contribution in [0.2, 0.25) is 0 Å². The Morgan fingerprint density at radius 2 is 2.00 bits per heavy atom. The lowest BCUT2D eigenvalue weighted by Gasteiger charge is -2.08. The Balaban J connectivity index is 2.01. The summed E-state index contributed by atoms with van der Waals surface area (Å²) in [4.78, 5) is 27.0. The molecule has 7 nitrogen and oxygen atoms in total. The summed E-state index contributed by atoms with van der Waals surface area (Å²) in [6.07, 6.45) is 1.61. The molecule has 1 heterocycles. The topological polar surface area (TPSA) is 91.0 Å². The van der Waals surface area contributed by atoms with Gasteiger partial charge in [-0.05, 0) is 82.4 Å². The van der Waals surface area contributed by atoms with Gasteiger partial charge in [-0.15, -0.1) is 0 Å². The van der Waals surface area contributed by atoms with Crippen molar-refractivity contribution in [3.63, 3.8) is 0 Å². The number of ether oxygens (including phenoxy) is 2. The molecule has 0 bridgehead atoms. The Bertz CT molecular complexity index is 1030. The number of halogens is 2. The molecule has 138 valence electrons. The second-order valence-electron chi connectivity index (χ2n) is 5.60. The summed E-state index contributed by atoms with van der Waals surface area (Å²) in [5, 5.41) is 10.9. The molecular formula is C18H12I2N2O5. The highest BCUT2D eigenvalue weighted by Gasteiger charge is 2.26. The van der Waals surface area contributed by atoms with Crippen molar-refractivity contribution in [2.24, 2.45) is 4.99 Å². The van der Waals surface area contributed by atoms with Crippen molar-refractivity contribution in [2.75, 3.05) is 7.11 Å². The van der Waals surface area contributed by atoms with Gasteiger partial charge in [-0.25, -0.2) is 9.79 Å². The van der Waals surface area contributed by atoms with Crippen LogP contribution in [0.25, 0.3) is 6.08 Å². The number of rotatable bonds is 4. The lowest BCUT2D eigenvalue weighted by Crippen LogP contribution is -2.06. The third-order valence-corrected chi connectivity index (χ3v) is 5.22. The number of hydrogen-bond acceptors (Lipinski definition) is 6. The number of nitro benzene ring substituents is 1. The molecule has 0 fully saturated rings. The molecule has 0 radical (unpaired) electrons. The highest BCUT2D eigenvalue weighted by Crippen LogP contribution is 2.31. The van der Waals surface area contributed by atoms with E-state index in [4.69, 9.17) is 9.47 Å². The van der Waals surface area contributed by atoms with Crippen LogP contribution in [0.15, 0.2) is 41.0 Å². The van der Waals surface area contributed by atoms with Gasteiger partial charge in [-0.2, -0.15) is 0 Å². The van der Waals surface area contributed by atoms with Gasteiger partial charge in [-0.3, -0.25) is 10.1 Å². The van der Waals surface area contributed by atoms with E-state index in [-0.39, 0.29) is 17.3 Å². The van der Waals surface area contributed by atoms with Gasteiger partial charge in [0.25, 0.3) is 5.69 Å². The van der Waals surface area contributed by atoms with Gasteiger partial charge >= 0.3 is 5.97 Å². The summed E-state index contributed by atoms with van der Waals surface area (Å²) in [5.41, 5.74) is 1.81. The number of methoxy groups -OCH3 is 1. The Morgan fingerprint density at radius 3 is 2.63 bits per heavy atom. The fourth-order valence-corrected chi connectivity index (χ4v) is 4.69. The maximum absolute atomic E-state index is 12.2. The first kappa shape index (κ1) is 19.7. The second kappa shape index (κ2) is 7.92. The number of carbonyl (C=O) groups is 1. The van der Waals surface area contributed by atoms with Crippen LogP contribution in [0.1, 0.15) is 16.7 Å². The fourth-order valence-electron chi connectivity index (χ4n) is 2.58. The normalized spacial score (nSPS) is 14.9. The molecule has 0 unspecified atom stereocenters. The average Bonchev–Trinajstić information content (AvgIpc) is 2.95. The Labute approximate surface area is 181 Å². The quantitative estimate of drug-likeness (QED) is 0.173. The van der Waals surface area contributed by atoms with Crippen LogP contribution >= 0.6 is 45.2 Å². The Hall–Kier alpha value is -2.02. The number of benzene rings is 2. The first-order valence-corrected chi connectivity index (χ1v) is 9.77. The molecule has 0 atom stereocenters. The number of cyclic esters (lactones) is 1. The maximum Gasteiger partial charge on any atom is 0.363 e. The zero-order chi connectivity index (χ0) is 19.7. The molecule has 3 rings (SSSR count). The number of hydrogen-bond donors (Lipinski definition) is 0. The van der Waals surface area contributed by atoms with Crippen molar-refractivity contribution in [1.29, 1.82) is 0 Å². The summed E-state index contributed by atoms with van der Waals surface area (Å²) < 4.78 is 12.6. The largest absolute Gasteiger partial charge is 0.495 e. The van der Waals surface area contributed by atoms with Crippen LogP contribution in [0.5, 0.6) is 5.75 Å². The number of carbonyl (C=O) groups excluding carboxylic acids is 1. The van der Waals surface area contributed by atoms with Crippen LogP contribution in [0, 0.1) is 24.2 Å². The molecule has 2 aromatic carbocycles. The molecule has 0 amide bonds. The zero-order valence-electron chi connectivity index (χ0n) is 14.2. The zero-order valence-corrected chi connectivity index (χ0v) is 18.5. The lowest BCUT2D eigenvalue weighted by molar-refractivity contribution is -0.385. The minimum absolute atomic E-state index is 0.00221. The van der Waals surface area contributed by atoms with Crippen molar-refractivity contribution in [3.8, 4) is 5.75 Å². The minimum Gasteiger partial charge on any atom is -0.495 e. The molecule has 0 aliphatic carbocycles.